The van der Waals surface area contributed by atoms with E-state index in [2.05, 4.69) is 0 Å². The van der Waals surface area contributed by atoms with Gasteiger partial charge in [0, 0.05) is 19.3 Å². The molecule has 1 N–H and O–H groups in total. The van der Waals surface area contributed by atoms with Crippen LogP contribution in [0, 0.1) is 0 Å². The molecule has 7 heteroatoms. The number of benzene rings is 1. The van der Waals surface area contributed by atoms with Crippen molar-refractivity contribution in [3.05, 3.63) is 50.9 Å². The molecule has 1 aromatic heterocycles. The SMILES string of the molecule is CCCc1c(O)c(=O)c(C2OC(=O)c3cc(OC)cc(OC)c32)cn1C. The lowest BCUT2D eigenvalue weighted by Gasteiger charge is -2.17. The fraction of sp³-hybridized carbons (Fsp3) is 0.368. The number of nitrogens with zero attached hydrogens (tertiary/aromatic N) is 1. The molecule has 0 radical (unpaired) electrons. The van der Waals surface area contributed by atoms with Crippen molar-refractivity contribution < 1.29 is 24.1 Å². The molecule has 138 valence electrons. The summed E-state index contributed by atoms with van der Waals surface area (Å²) in [6.07, 6.45) is 2.01. The average Bonchev–Trinajstić information content (AvgIpc) is 2.97. The Morgan fingerprint density at radius 2 is 1.96 bits per heavy atom. The molecule has 26 heavy (non-hydrogen) atoms. The number of aromatic nitrogens is 1. The number of carbonyl (C=O) groups excluding carboxylic acids is 1. The Kier molecular flexibility index (Phi) is 4.63. The molecule has 1 unspecified atom stereocenters. The van der Waals surface area contributed by atoms with Crippen molar-refractivity contribution in [2.45, 2.75) is 25.9 Å². The highest BCUT2D eigenvalue weighted by atomic mass is 16.6. The highest BCUT2D eigenvalue weighted by Crippen LogP contribution is 2.43. The van der Waals surface area contributed by atoms with Gasteiger partial charge in [-0.2, -0.15) is 0 Å². The van der Waals surface area contributed by atoms with E-state index in [0.29, 0.717) is 29.2 Å². The van der Waals surface area contributed by atoms with E-state index in [1.54, 1.807) is 29.9 Å². The number of pyridine rings is 1. The number of ether oxygens (including phenoxy) is 3. The van der Waals surface area contributed by atoms with Crippen LogP contribution in [-0.2, 0) is 18.2 Å². The monoisotopic (exact) mass is 359 g/mol. The van der Waals surface area contributed by atoms with Crippen LogP contribution in [0.25, 0.3) is 0 Å². The summed E-state index contributed by atoms with van der Waals surface area (Å²) >= 11 is 0. The minimum atomic E-state index is -0.946. The molecular formula is C19H21NO6. The van der Waals surface area contributed by atoms with E-state index in [-0.39, 0.29) is 16.9 Å². The second kappa shape index (κ2) is 6.74. The van der Waals surface area contributed by atoms with Crippen molar-refractivity contribution in [1.29, 1.82) is 0 Å². The summed E-state index contributed by atoms with van der Waals surface area (Å²) in [6.45, 7) is 1.96. The minimum Gasteiger partial charge on any atom is -0.503 e. The number of aryl methyl sites for hydroxylation is 1. The predicted molar refractivity (Wildman–Crippen MR) is 94.1 cm³/mol. The second-order valence-electron chi connectivity index (χ2n) is 6.15. The lowest BCUT2D eigenvalue weighted by Crippen LogP contribution is -2.20. The number of methoxy groups -OCH3 is 2. The molecule has 2 heterocycles. The number of cyclic esters (lactones) is 1. The van der Waals surface area contributed by atoms with E-state index >= 15 is 0 Å². The first-order valence-electron chi connectivity index (χ1n) is 8.31. The van der Waals surface area contributed by atoms with Gasteiger partial charge in [0.15, 0.2) is 11.9 Å². The summed E-state index contributed by atoms with van der Waals surface area (Å²) in [6, 6.07) is 3.18. The lowest BCUT2D eigenvalue weighted by molar-refractivity contribution is 0.0451. The van der Waals surface area contributed by atoms with Crippen molar-refractivity contribution >= 4 is 5.97 Å². The van der Waals surface area contributed by atoms with Crippen molar-refractivity contribution in [2.75, 3.05) is 14.2 Å². The number of fused-ring (bicyclic) bond motifs is 1. The summed E-state index contributed by atoms with van der Waals surface area (Å²) < 4.78 is 17.7. The van der Waals surface area contributed by atoms with E-state index < -0.39 is 17.5 Å². The van der Waals surface area contributed by atoms with E-state index in [9.17, 15) is 14.7 Å². The molecule has 1 aliphatic heterocycles. The third-order valence-corrected chi connectivity index (χ3v) is 4.56. The number of esters is 1. The maximum atomic E-state index is 12.7. The fourth-order valence-electron chi connectivity index (χ4n) is 3.27. The number of carbonyl (C=O) groups is 1. The summed E-state index contributed by atoms with van der Waals surface area (Å²) in [5, 5.41) is 10.3. The number of hydrogen-bond donors (Lipinski definition) is 1. The minimum absolute atomic E-state index is 0.181. The largest absolute Gasteiger partial charge is 0.503 e. The molecule has 2 aromatic rings. The van der Waals surface area contributed by atoms with E-state index in [4.69, 9.17) is 14.2 Å². The van der Waals surface area contributed by atoms with Gasteiger partial charge in [0.2, 0.25) is 5.43 Å². The zero-order valence-corrected chi connectivity index (χ0v) is 15.2. The van der Waals surface area contributed by atoms with Crippen LogP contribution in [0.3, 0.4) is 0 Å². The van der Waals surface area contributed by atoms with E-state index in [1.807, 2.05) is 6.92 Å². The van der Waals surface area contributed by atoms with Crippen molar-refractivity contribution in [1.82, 2.24) is 4.57 Å². The number of aromatic hydroxyl groups is 1. The summed E-state index contributed by atoms with van der Waals surface area (Å²) in [4.78, 5) is 25.1. The van der Waals surface area contributed by atoms with Gasteiger partial charge in [-0.1, -0.05) is 13.3 Å². The zero-order valence-electron chi connectivity index (χ0n) is 15.2. The summed E-state index contributed by atoms with van der Waals surface area (Å²) in [5.74, 6) is -0.0492. The first-order chi connectivity index (χ1) is 12.4. The van der Waals surface area contributed by atoms with Crippen LogP contribution in [0.15, 0.2) is 23.1 Å². The quantitative estimate of drug-likeness (QED) is 0.825. The Balaban J connectivity index is 2.21. The van der Waals surface area contributed by atoms with Crippen LogP contribution in [0.1, 0.15) is 46.6 Å². The second-order valence-corrected chi connectivity index (χ2v) is 6.15. The standard InChI is InChI=1S/C19H21NO6/c1-5-6-13-17(22)16(21)12(9-20(13)2)18-15-11(19(23)26-18)7-10(24-3)8-14(15)25-4/h7-9,18,22H,5-6H2,1-4H3. The average molecular weight is 359 g/mol. The van der Waals surface area contributed by atoms with E-state index in [0.717, 1.165) is 6.42 Å². The van der Waals surface area contributed by atoms with Gasteiger partial charge in [0.1, 0.15) is 11.5 Å². The first kappa shape index (κ1) is 17.8. The Morgan fingerprint density at radius 3 is 2.58 bits per heavy atom. The van der Waals surface area contributed by atoms with Crippen molar-refractivity contribution in [2.24, 2.45) is 7.05 Å². The zero-order chi connectivity index (χ0) is 19.0. The molecule has 1 aromatic carbocycles. The molecule has 1 atom stereocenters. The number of rotatable bonds is 5. The van der Waals surface area contributed by atoms with Crippen molar-refractivity contribution in [3.63, 3.8) is 0 Å². The van der Waals surface area contributed by atoms with Gasteiger partial charge in [-0.15, -0.1) is 0 Å². The van der Waals surface area contributed by atoms with Crippen LogP contribution in [0.4, 0.5) is 0 Å². The highest BCUT2D eigenvalue weighted by Gasteiger charge is 2.38. The van der Waals surface area contributed by atoms with Gasteiger partial charge in [-0.05, 0) is 12.5 Å². The van der Waals surface area contributed by atoms with Crippen LogP contribution >= 0.6 is 0 Å². The van der Waals surface area contributed by atoms with E-state index in [1.165, 1.54) is 14.2 Å². The third-order valence-electron chi connectivity index (χ3n) is 4.56. The lowest BCUT2D eigenvalue weighted by atomic mass is 9.97. The fourth-order valence-corrected chi connectivity index (χ4v) is 3.27. The third kappa shape index (κ3) is 2.69. The molecule has 0 saturated heterocycles. The molecule has 1 aliphatic rings. The van der Waals surface area contributed by atoms with Crippen molar-refractivity contribution in [3.8, 4) is 17.2 Å². The molecule has 0 fully saturated rings. The molecular weight excluding hydrogens is 338 g/mol. The van der Waals surface area contributed by atoms with Gasteiger partial charge in [0.05, 0.1) is 36.6 Å². The molecule has 0 amide bonds. The summed E-state index contributed by atoms with van der Waals surface area (Å²) in [7, 11) is 4.70. The molecule has 0 spiro atoms. The molecule has 0 saturated carbocycles. The Morgan fingerprint density at radius 1 is 1.23 bits per heavy atom. The van der Waals surface area contributed by atoms with Crippen LogP contribution in [0.2, 0.25) is 0 Å². The van der Waals surface area contributed by atoms with Gasteiger partial charge in [-0.25, -0.2) is 4.79 Å². The normalized spacial score (nSPS) is 15.5. The van der Waals surface area contributed by atoms with Crippen LogP contribution in [-0.4, -0.2) is 29.9 Å². The van der Waals surface area contributed by atoms with Gasteiger partial charge in [-0.3, -0.25) is 4.79 Å². The van der Waals surface area contributed by atoms with Gasteiger partial charge in [0.25, 0.3) is 0 Å². The maximum absolute atomic E-state index is 12.7. The topological polar surface area (TPSA) is 87.0 Å². The first-order valence-corrected chi connectivity index (χ1v) is 8.31. The maximum Gasteiger partial charge on any atom is 0.339 e. The predicted octanol–water partition coefficient (Wildman–Crippen LogP) is 2.32. The highest BCUT2D eigenvalue weighted by molar-refractivity contribution is 5.96. The Bertz CT molecular complexity index is 931. The summed E-state index contributed by atoms with van der Waals surface area (Å²) in [5.41, 5.74) is 0.923. The Labute approximate surface area is 150 Å². The molecule has 0 bridgehead atoms. The van der Waals surface area contributed by atoms with Gasteiger partial charge < -0.3 is 23.9 Å². The van der Waals surface area contributed by atoms with Crippen LogP contribution < -0.4 is 14.9 Å². The van der Waals surface area contributed by atoms with Crippen LogP contribution in [0.5, 0.6) is 17.2 Å². The molecule has 0 aliphatic carbocycles. The van der Waals surface area contributed by atoms with Gasteiger partial charge >= 0.3 is 5.97 Å². The number of hydrogen-bond acceptors (Lipinski definition) is 6. The Hall–Kier alpha value is -2.96. The molecule has 3 rings (SSSR count). The molecule has 7 nitrogen and oxygen atoms in total. The smallest absolute Gasteiger partial charge is 0.339 e.